The minimum atomic E-state index is -3.89. The van der Waals surface area contributed by atoms with Crippen LogP contribution in [0.1, 0.15) is 15.9 Å². The van der Waals surface area contributed by atoms with E-state index in [0.717, 1.165) is 11.3 Å². The number of rotatable bonds is 8. The first kappa shape index (κ1) is 23.4. The molecule has 0 unspecified atom stereocenters. The van der Waals surface area contributed by atoms with Crippen LogP contribution in [0.3, 0.4) is 0 Å². The van der Waals surface area contributed by atoms with E-state index in [4.69, 9.17) is 14.2 Å². The Labute approximate surface area is 199 Å². The summed E-state index contributed by atoms with van der Waals surface area (Å²) in [4.78, 5) is 14.4. The van der Waals surface area contributed by atoms with Crippen LogP contribution in [0.4, 0.5) is 5.69 Å². The molecule has 8 nitrogen and oxygen atoms in total. The van der Waals surface area contributed by atoms with Gasteiger partial charge in [0.05, 0.1) is 11.4 Å². The van der Waals surface area contributed by atoms with Crippen LogP contribution in [0, 0.1) is 6.92 Å². The number of benzene rings is 3. The molecule has 1 aliphatic rings. The monoisotopic (exact) mass is 482 g/mol. The molecule has 1 heterocycles. The molecule has 0 saturated carbocycles. The zero-order valence-corrected chi connectivity index (χ0v) is 19.8. The number of nitrogens with zero attached hydrogens (tertiary/aromatic N) is 1. The van der Waals surface area contributed by atoms with Gasteiger partial charge in [-0.15, -0.1) is 0 Å². The molecule has 1 amide bonds. The van der Waals surface area contributed by atoms with Crippen LogP contribution in [0.25, 0.3) is 0 Å². The molecule has 178 valence electrons. The summed E-state index contributed by atoms with van der Waals surface area (Å²) in [6, 6.07) is 18.5. The third kappa shape index (κ3) is 5.60. The number of aryl methyl sites for hydroxylation is 1. The van der Waals surface area contributed by atoms with Gasteiger partial charge in [-0.25, -0.2) is 8.42 Å². The zero-order valence-electron chi connectivity index (χ0n) is 19.0. The highest BCUT2D eigenvalue weighted by molar-refractivity contribution is 7.92. The third-order valence-corrected chi connectivity index (χ3v) is 6.63. The Bertz CT molecular complexity index is 1270. The molecule has 3 aromatic carbocycles. The molecule has 4 rings (SSSR count). The Kier molecular flexibility index (Phi) is 6.93. The van der Waals surface area contributed by atoms with Crippen molar-refractivity contribution in [2.24, 2.45) is 0 Å². The van der Waals surface area contributed by atoms with Gasteiger partial charge in [0.1, 0.15) is 25.6 Å². The van der Waals surface area contributed by atoms with Crippen molar-refractivity contribution in [2.45, 2.75) is 11.8 Å². The minimum Gasteiger partial charge on any atom is -0.492 e. The molecule has 1 N–H and O–H groups in total. The lowest BCUT2D eigenvalue weighted by Crippen LogP contribution is -2.31. The van der Waals surface area contributed by atoms with E-state index in [1.165, 1.54) is 23.1 Å². The lowest BCUT2D eigenvalue weighted by Gasteiger charge is -2.19. The van der Waals surface area contributed by atoms with Gasteiger partial charge in [-0.2, -0.15) is 0 Å². The first-order chi connectivity index (χ1) is 16.3. The topological polar surface area (TPSA) is 94.2 Å². The Morgan fingerprint density at radius 2 is 1.74 bits per heavy atom. The summed E-state index contributed by atoms with van der Waals surface area (Å²) in [6.45, 7) is 3.49. The molecule has 0 saturated heterocycles. The second-order valence-electron chi connectivity index (χ2n) is 7.88. The molecule has 3 aromatic rings. The number of hydrogen-bond donors (Lipinski definition) is 1. The molecule has 0 atom stereocenters. The predicted octanol–water partition coefficient (Wildman–Crippen LogP) is 3.72. The first-order valence-corrected chi connectivity index (χ1v) is 12.3. The van der Waals surface area contributed by atoms with Crippen LogP contribution < -0.4 is 18.9 Å². The van der Waals surface area contributed by atoms with Gasteiger partial charge in [0, 0.05) is 24.4 Å². The van der Waals surface area contributed by atoms with Crippen molar-refractivity contribution < 1.29 is 27.4 Å². The number of amides is 1. The number of anilines is 1. The number of sulfonamides is 1. The maximum absolute atomic E-state index is 12.9. The molecule has 0 fully saturated rings. The number of likely N-dealkylation sites (N-methyl/N-ethyl adjacent to an activating group) is 1. The smallest absolute Gasteiger partial charge is 0.262 e. The highest BCUT2D eigenvalue weighted by Gasteiger charge is 2.20. The molecular formula is C25H26N2O6S. The van der Waals surface area contributed by atoms with Gasteiger partial charge in [0.15, 0.2) is 11.5 Å². The molecular weight excluding hydrogens is 456 g/mol. The van der Waals surface area contributed by atoms with Gasteiger partial charge in [-0.1, -0.05) is 23.8 Å². The lowest BCUT2D eigenvalue weighted by molar-refractivity contribution is 0.0774. The molecule has 0 spiro atoms. The molecule has 9 heteroatoms. The fraction of sp³-hybridized carbons (Fsp3) is 0.240. The van der Waals surface area contributed by atoms with E-state index >= 15 is 0 Å². The Morgan fingerprint density at radius 1 is 1.00 bits per heavy atom. The third-order valence-electron chi connectivity index (χ3n) is 5.25. The summed E-state index contributed by atoms with van der Waals surface area (Å²) in [5.74, 6) is 1.38. The van der Waals surface area contributed by atoms with E-state index in [2.05, 4.69) is 4.72 Å². The van der Waals surface area contributed by atoms with E-state index in [-0.39, 0.29) is 16.5 Å². The molecule has 0 radical (unpaired) electrons. The Hall–Kier alpha value is -3.72. The van der Waals surface area contributed by atoms with Crippen molar-refractivity contribution in [3.8, 4) is 17.2 Å². The van der Waals surface area contributed by atoms with Crippen molar-refractivity contribution in [1.29, 1.82) is 0 Å². The summed E-state index contributed by atoms with van der Waals surface area (Å²) < 4.78 is 44.9. The Balaban J connectivity index is 1.39. The van der Waals surface area contributed by atoms with Crippen molar-refractivity contribution in [3.63, 3.8) is 0 Å². The van der Waals surface area contributed by atoms with Gasteiger partial charge in [-0.3, -0.25) is 9.52 Å². The van der Waals surface area contributed by atoms with E-state index in [0.29, 0.717) is 43.4 Å². The van der Waals surface area contributed by atoms with Gasteiger partial charge in [0.25, 0.3) is 15.9 Å². The SMILES string of the molecule is Cc1ccc(OCCN(C)C(=O)c2cccc(NS(=O)(=O)c3ccc4c(c3)OCCO4)c2)cc1. The minimum absolute atomic E-state index is 0.0406. The average molecular weight is 483 g/mol. The van der Waals surface area contributed by atoms with Gasteiger partial charge in [-0.05, 0) is 49.4 Å². The number of fused-ring (bicyclic) bond motifs is 1. The molecule has 34 heavy (non-hydrogen) atoms. The highest BCUT2D eigenvalue weighted by Crippen LogP contribution is 2.32. The van der Waals surface area contributed by atoms with Gasteiger partial charge >= 0.3 is 0 Å². The Morgan fingerprint density at radius 3 is 2.50 bits per heavy atom. The van der Waals surface area contributed by atoms with Crippen molar-refractivity contribution >= 4 is 21.6 Å². The number of carbonyl (C=O) groups is 1. The summed E-state index contributed by atoms with van der Waals surface area (Å²) in [5, 5.41) is 0. The molecule has 1 aliphatic heterocycles. The second kappa shape index (κ2) is 10.0. The first-order valence-electron chi connectivity index (χ1n) is 10.8. The van der Waals surface area contributed by atoms with Crippen LogP contribution >= 0.6 is 0 Å². The second-order valence-corrected chi connectivity index (χ2v) is 9.56. The van der Waals surface area contributed by atoms with Crippen LogP contribution in [-0.4, -0.2) is 52.6 Å². The van der Waals surface area contributed by atoms with Crippen molar-refractivity contribution in [3.05, 3.63) is 77.9 Å². The maximum Gasteiger partial charge on any atom is 0.262 e. The van der Waals surface area contributed by atoms with E-state index in [9.17, 15) is 13.2 Å². The van der Waals surface area contributed by atoms with E-state index in [1.54, 1.807) is 31.3 Å². The number of hydrogen-bond acceptors (Lipinski definition) is 6. The predicted molar refractivity (Wildman–Crippen MR) is 128 cm³/mol. The maximum atomic E-state index is 12.9. The fourth-order valence-corrected chi connectivity index (χ4v) is 4.44. The fourth-order valence-electron chi connectivity index (χ4n) is 3.38. The normalized spacial score (nSPS) is 12.6. The van der Waals surface area contributed by atoms with Crippen molar-refractivity contribution in [1.82, 2.24) is 4.90 Å². The van der Waals surface area contributed by atoms with E-state index < -0.39 is 10.0 Å². The quantitative estimate of drug-likeness (QED) is 0.526. The highest BCUT2D eigenvalue weighted by atomic mass is 32.2. The van der Waals surface area contributed by atoms with Gasteiger partial charge in [0.2, 0.25) is 0 Å². The number of ether oxygens (including phenoxy) is 3. The van der Waals surface area contributed by atoms with Crippen LogP contribution in [0.2, 0.25) is 0 Å². The van der Waals surface area contributed by atoms with Gasteiger partial charge < -0.3 is 19.1 Å². The zero-order chi connectivity index (χ0) is 24.1. The molecule has 0 bridgehead atoms. The molecule has 0 aliphatic carbocycles. The van der Waals surface area contributed by atoms with Crippen LogP contribution in [0.5, 0.6) is 17.2 Å². The van der Waals surface area contributed by atoms with Crippen LogP contribution in [0.15, 0.2) is 71.6 Å². The average Bonchev–Trinajstić information content (AvgIpc) is 2.84. The van der Waals surface area contributed by atoms with E-state index in [1.807, 2.05) is 31.2 Å². The summed E-state index contributed by atoms with van der Waals surface area (Å²) in [7, 11) is -2.21. The summed E-state index contributed by atoms with van der Waals surface area (Å²) in [5.41, 5.74) is 1.79. The lowest BCUT2D eigenvalue weighted by atomic mass is 10.2. The largest absolute Gasteiger partial charge is 0.492 e. The summed E-state index contributed by atoms with van der Waals surface area (Å²) in [6.07, 6.45) is 0. The standard InChI is InChI=1S/C25H26N2O6S/c1-18-6-8-21(9-7-18)31-13-12-27(2)25(28)19-4-3-5-20(16-19)26-34(29,30)22-10-11-23-24(17-22)33-15-14-32-23/h3-11,16-17,26H,12-15H2,1-2H3. The van der Waals surface area contributed by atoms with Crippen LogP contribution in [-0.2, 0) is 10.0 Å². The number of carbonyl (C=O) groups excluding carboxylic acids is 1. The number of nitrogens with one attached hydrogen (secondary N) is 1. The van der Waals surface area contributed by atoms with Crippen molar-refractivity contribution in [2.75, 3.05) is 38.1 Å². The molecule has 0 aromatic heterocycles. The summed E-state index contributed by atoms with van der Waals surface area (Å²) >= 11 is 0.